The van der Waals surface area contributed by atoms with Crippen LogP contribution in [-0.2, 0) is 4.79 Å². The van der Waals surface area contributed by atoms with Crippen LogP contribution in [0.3, 0.4) is 0 Å². The first-order chi connectivity index (χ1) is 10.1. The highest BCUT2D eigenvalue weighted by atomic mass is 16.3. The van der Waals surface area contributed by atoms with Crippen molar-refractivity contribution in [1.82, 2.24) is 10.2 Å². The van der Waals surface area contributed by atoms with E-state index in [-0.39, 0.29) is 18.1 Å². The van der Waals surface area contributed by atoms with Crippen LogP contribution in [0.1, 0.15) is 38.3 Å². The lowest BCUT2D eigenvalue weighted by molar-refractivity contribution is -0.127. The number of carbonyl (C=O) groups is 1. The fourth-order valence-electron chi connectivity index (χ4n) is 2.71. The minimum Gasteiger partial charge on any atom is -0.393 e. The Morgan fingerprint density at radius 3 is 2.48 bits per heavy atom. The number of hydrogen-bond donors (Lipinski definition) is 2. The van der Waals surface area contributed by atoms with E-state index in [1.165, 1.54) is 0 Å². The minimum absolute atomic E-state index is 0.0614. The maximum atomic E-state index is 12.6. The molecule has 0 aliphatic carbocycles. The summed E-state index contributed by atoms with van der Waals surface area (Å²) in [6.45, 7) is 6.40. The minimum atomic E-state index is -0.252. The number of rotatable bonds is 5. The van der Waals surface area contributed by atoms with Crippen molar-refractivity contribution in [3.05, 3.63) is 35.9 Å². The number of aliphatic hydroxyl groups is 1. The second-order valence-corrected chi connectivity index (χ2v) is 6.22. The molecular weight excluding hydrogens is 264 g/mol. The van der Waals surface area contributed by atoms with E-state index in [1.54, 1.807) is 0 Å². The van der Waals surface area contributed by atoms with Gasteiger partial charge in [-0.2, -0.15) is 0 Å². The third kappa shape index (κ3) is 4.55. The van der Waals surface area contributed by atoms with Gasteiger partial charge in [-0.15, -0.1) is 0 Å². The molecule has 1 aliphatic rings. The van der Waals surface area contributed by atoms with Crippen molar-refractivity contribution in [3.8, 4) is 0 Å². The number of likely N-dealkylation sites (tertiary alicyclic amines) is 1. The van der Waals surface area contributed by atoms with Crippen LogP contribution >= 0.6 is 0 Å². The van der Waals surface area contributed by atoms with E-state index in [1.807, 2.05) is 30.3 Å². The summed E-state index contributed by atoms with van der Waals surface area (Å²) in [6, 6.07) is 9.66. The predicted octanol–water partition coefficient (Wildman–Crippen LogP) is 1.96. The van der Waals surface area contributed by atoms with Crippen molar-refractivity contribution in [1.29, 1.82) is 0 Å². The summed E-state index contributed by atoms with van der Waals surface area (Å²) in [5.74, 6) is 0.500. The van der Waals surface area contributed by atoms with Gasteiger partial charge in [-0.3, -0.25) is 9.69 Å². The highest BCUT2D eigenvalue weighted by Gasteiger charge is 2.30. The maximum Gasteiger partial charge on any atom is 0.241 e. The molecule has 2 rings (SSSR count). The van der Waals surface area contributed by atoms with Gasteiger partial charge in [-0.25, -0.2) is 0 Å². The lowest BCUT2D eigenvalue weighted by Gasteiger charge is -2.35. The summed E-state index contributed by atoms with van der Waals surface area (Å²) in [5.41, 5.74) is 1.02. The monoisotopic (exact) mass is 290 g/mol. The molecule has 0 aromatic heterocycles. The Bertz CT molecular complexity index is 439. The molecule has 1 aromatic rings. The summed E-state index contributed by atoms with van der Waals surface area (Å²) in [7, 11) is 0. The molecule has 0 bridgehead atoms. The van der Waals surface area contributed by atoms with Crippen LogP contribution < -0.4 is 5.32 Å². The number of benzene rings is 1. The first-order valence-electron chi connectivity index (χ1n) is 7.82. The van der Waals surface area contributed by atoms with Crippen molar-refractivity contribution >= 4 is 5.91 Å². The number of aliphatic hydroxyl groups excluding tert-OH is 1. The highest BCUT2D eigenvalue weighted by Crippen LogP contribution is 2.25. The van der Waals surface area contributed by atoms with Crippen molar-refractivity contribution in [2.75, 3.05) is 19.6 Å². The normalized spacial score (nSPS) is 18.7. The zero-order valence-corrected chi connectivity index (χ0v) is 13.0. The fraction of sp³-hybridized carbons (Fsp3) is 0.588. The van der Waals surface area contributed by atoms with Crippen molar-refractivity contribution in [2.45, 2.75) is 38.8 Å². The van der Waals surface area contributed by atoms with Gasteiger partial charge in [0.15, 0.2) is 0 Å². The van der Waals surface area contributed by atoms with Crippen LogP contribution in [0.5, 0.6) is 0 Å². The van der Waals surface area contributed by atoms with Crippen LogP contribution in [0.4, 0.5) is 0 Å². The van der Waals surface area contributed by atoms with E-state index in [9.17, 15) is 9.90 Å². The SMILES string of the molecule is CC(C)CNC(=O)[C@H](c1ccccc1)N1CCC(O)CC1. The van der Waals surface area contributed by atoms with Crippen molar-refractivity contribution in [3.63, 3.8) is 0 Å². The smallest absolute Gasteiger partial charge is 0.241 e. The van der Waals surface area contributed by atoms with Crippen LogP contribution in [0.15, 0.2) is 30.3 Å². The molecule has 2 N–H and O–H groups in total. The van der Waals surface area contributed by atoms with Crippen LogP contribution in [-0.4, -0.2) is 41.7 Å². The lowest BCUT2D eigenvalue weighted by Crippen LogP contribution is -2.45. The highest BCUT2D eigenvalue weighted by molar-refractivity contribution is 5.83. The summed E-state index contributed by atoms with van der Waals surface area (Å²) in [6.07, 6.45) is 1.25. The largest absolute Gasteiger partial charge is 0.393 e. The van der Waals surface area contributed by atoms with Gasteiger partial charge in [0, 0.05) is 19.6 Å². The first kappa shape index (κ1) is 16.0. The van der Waals surface area contributed by atoms with E-state index < -0.39 is 0 Å². The van der Waals surface area contributed by atoms with Crippen LogP contribution in [0.25, 0.3) is 0 Å². The molecule has 1 aliphatic heterocycles. The molecule has 0 spiro atoms. The molecule has 1 amide bonds. The van der Waals surface area contributed by atoms with Gasteiger partial charge in [0.1, 0.15) is 6.04 Å². The molecule has 1 fully saturated rings. The molecule has 1 heterocycles. The summed E-state index contributed by atoms with van der Waals surface area (Å²) in [5, 5.41) is 12.7. The lowest BCUT2D eigenvalue weighted by atomic mass is 9.99. The number of hydrogen-bond acceptors (Lipinski definition) is 3. The van der Waals surface area contributed by atoms with E-state index in [4.69, 9.17) is 0 Å². The molecule has 1 saturated heterocycles. The van der Waals surface area contributed by atoms with Gasteiger partial charge in [0.05, 0.1) is 6.10 Å². The zero-order chi connectivity index (χ0) is 15.2. The topological polar surface area (TPSA) is 52.6 Å². The van der Waals surface area contributed by atoms with Gasteiger partial charge in [-0.05, 0) is 24.3 Å². The fourth-order valence-corrected chi connectivity index (χ4v) is 2.71. The van der Waals surface area contributed by atoms with Gasteiger partial charge in [0.25, 0.3) is 0 Å². The van der Waals surface area contributed by atoms with Gasteiger partial charge in [0.2, 0.25) is 5.91 Å². The van der Waals surface area contributed by atoms with Gasteiger partial charge >= 0.3 is 0 Å². The third-order valence-corrected chi connectivity index (χ3v) is 3.91. The van der Waals surface area contributed by atoms with Crippen LogP contribution in [0, 0.1) is 5.92 Å². The molecule has 4 heteroatoms. The number of carbonyl (C=O) groups excluding carboxylic acids is 1. The Morgan fingerprint density at radius 1 is 1.29 bits per heavy atom. The Hall–Kier alpha value is -1.39. The van der Waals surface area contributed by atoms with Crippen LogP contribution in [0.2, 0.25) is 0 Å². The predicted molar refractivity (Wildman–Crippen MR) is 83.8 cm³/mol. The molecule has 1 aromatic carbocycles. The molecule has 1 atom stereocenters. The standard InChI is InChI=1S/C17H26N2O2/c1-13(2)12-18-17(21)16(14-6-4-3-5-7-14)19-10-8-15(20)9-11-19/h3-7,13,15-16,20H,8-12H2,1-2H3,(H,18,21)/t16-/m0/s1. The Labute approximate surface area is 127 Å². The van der Waals surface area contributed by atoms with E-state index in [0.29, 0.717) is 12.5 Å². The molecule has 116 valence electrons. The number of amides is 1. The zero-order valence-electron chi connectivity index (χ0n) is 13.0. The van der Waals surface area contributed by atoms with Crippen molar-refractivity contribution in [2.24, 2.45) is 5.92 Å². The summed E-state index contributed by atoms with van der Waals surface area (Å²) in [4.78, 5) is 14.8. The molecule has 4 nitrogen and oxygen atoms in total. The second-order valence-electron chi connectivity index (χ2n) is 6.22. The van der Waals surface area contributed by atoms with E-state index in [2.05, 4.69) is 24.1 Å². The molecular formula is C17H26N2O2. The Kier molecular flexibility index (Phi) is 5.76. The van der Waals surface area contributed by atoms with Crippen molar-refractivity contribution < 1.29 is 9.90 Å². The second kappa shape index (κ2) is 7.57. The Balaban J connectivity index is 2.12. The maximum absolute atomic E-state index is 12.6. The number of nitrogens with one attached hydrogen (secondary N) is 1. The number of nitrogens with zero attached hydrogens (tertiary/aromatic N) is 1. The quantitative estimate of drug-likeness (QED) is 0.871. The molecule has 0 radical (unpaired) electrons. The average Bonchev–Trinajstić information content (AvgIpc) is 2.48. The van der Waals surface area contributed by atoms with Gasteiger partial charge < -0.3 is 10.4 Å². The number of piperidine rings is 1. The molecule has 0 unspecified atom stereocenters. The first-order valence-corrected chi connectivity index (χ1v) is 7.82. The molecule has 0 saturated carbocycles. The van der Waals surface area contributed by atoms with E-state index in [0.717, 1.165) is 31.5 Å². The van der Waals surface area contributed by atoms with Gasteiger partial charge in [-0.1, -0.05) is 44.2 Å². The third-order valence-electron chi connectivity index (χ3n) is 3.91. The van der Waals surface area contributed by atoms with E-state index >= 15 is 0 Å². The Morgan fingerprint density at radius 2 is 1.90 bits per heavy atom. The summed E-state index contributed by atoms with van der Waals surface area (Å²) >= 11 is 0. The molecule has 21 heavy (non-hydrogen) atoms. The average molecular weight is 290 g/mol. The summed E-state index contributed by atoms with van der Waals surface area (Å²) < 4.78 is 0.